The van der Waals surface area contributed by atoms with Gasteiger partial charge in [0, 0.05) is 23.5 Å². The van der Waals surface area contributed by atoms with Crippen LogP contribution in [0.4, 0.5) is 10.5 Å². The monoisotopic (exact) mass is 395 g/mol. The van der Waals surface area contributed by atoms with Crippen LogP contribution < -0.4 is 10.6 Å². The van der Waals surface area contributed by atoms with Gasteiger partial charge in [-0.3, -0.25) is 0 Å². The van der Waals surface area contributed by atoms with Crippen LogP contribution >= 0.6 is 0 Å². The van der Waals surface area contributed by atoms with Crippen molar-refractivity contribution >= 4 is 34.6 Å². The van der Waals surface area contributed by atoms with Crippen LogP contribution in [0.1, 0.15) is 15.9 Å². The number of aromatic amines is 1. The number of urea groups is 1. The molecule has 1 aromatic heterocycles. The van der Waals surface area contributed by atoms with E-state index in [-0.39, 0.29) is 17.7 Å². The van der Waals surface area contributed by atoms with Crippen LogP contribution in [0.25, 0.3) is 10.9 Å². The van der Waals surface area contributed by atoms with Crippen molar-refractivity contribution in [3.05, 3.63) is 65.9 Å². The standard InChI is InChI=1S/C21H21N3O5/c1-28-19(25)15-8-4-6-10-17(15)23-21(27)24-18(20(26)29-2)11-13-12-22-16-9-5-3-7-14(13)16/h3-10,12,18,22H,11H2,1-2H3,(H2,23,24,27)/t18-/m0/s1. The van der Waals surface area contributed by atoms with E-state index in [4.69, 9.17) is 9.47 Å². The molecule has 1 heterocycles. The average molecular weight is 395 g/mol. The highest BCUT2D eigenvalue weighted by atomic mass is 16.5. The number of carbonyl (C=O) groups is 3. The fourth-order valence-electron chi connectivity index (χ4n) is 3.05. The summed E-state index contributed by atoms with van der Waals surface area (Å²) in [5, 5.41) is 6.16. The molecule has 3 aromatic rings. The number of para-hydroxylation sites is 2. The lowest BCUT2D eigenvalue weighted by Crippen LogP contribution is -2.45. The first kappa shape index (κ1) is 19.9. The van der Waals surface area contributed by atoms with Crippen molar-refractivity contribution in [1.29, 1.82) is 0 Å². The van der Waals surface area contributed by atoms with Crippen molar-refractivity contribution in [3.8, 4) is 0 Å². The maximum atomic E-state index is 12.5. The molecule has 0 saturated carbocycles. The fourth-order valence-corrected chi connectivity index (χ4v) is 3.05. The van der Waals surface area contributed by atoms with Crippen molar-refractivity contribution < 1.29 is 23.9 Å². The lowest BCUT2D eigenvalue weighted by molar-refractivity contribution is -0.142. The predicted molar refractivity (Wildman–Crippen MR) is 108 cm³/mol. The summed E-state index contributed by atoms with van der Waals surface area (Å²) in [5.74, 6) is -1.16. The van der Waals surface area contributed by atoms with Gasteiger partial charge in [0.25, 0.3) is 0 Å². The lowest BCUT2D eigenvalue weighted by atomic mass is 10.1. The van der Waals surface area contributed by atoms with E-state index >= 15 is 0 Å². The average Bonchev–Trinajstić information content (AvgIpc) is 3.15. The third-order valence-electron chi connectivity index (χ3n) is 4.47. The van der Waals surface area contributed by atoms with Crippen LogP contribution in [0.2, 0.25) is 0 Å². The molecule has 0 aliphatic heterocycles. The molecule has 0 radical (unpaired) electrons. The first-order chi connectivity index (χ1) is 14.0. The van der Waals surface area contributed by atoms with Gasteiger partial charge in [-0.25, -0.2) is 14.4 Å². The van der Waals surface area contributed by atoms with Crippen molar-refractivity contribution in [3.63, 3.8) is 0 Å². The molecule has 3 rings (SSSR count). The smallest absolute Gasteiger partial charge is 0.339 e. The molecule has 2 aromatic carbocycles. The Labute approximate surface area is 167 Å². The third kappa shape index (κ3) is 4.55. The normalized spacial score (nSPS) is 11.5. The zero-order chi connectivity index (χ0) is 20.8. The number of hydrogen-bond donors (Lipinski definition) is 3. The number of methoxy groups -OCH3 is 2. The topological polar surface area (TPSA) is 110 Å². The van der Waals surface area contributed by atoms with E-state index in [9.17, 15) is 14.4 Å². The van der Waals surface area contributed by atoms with Gasteiger partial charge < -0.3 is 25.1 Å². The Balaban J connectivity index is 1.76. The number of fused-ring (bicyclic) bond motifs is 1. The molecule has 8 heteroatoms. The zero-order valence-electron chi connectivity index (χ0n) is 16.0. The summed E-state index contributed by atoms with van der Waals surface area (Å²) in [6.45, 7) is 0. The van der Waals surface area contributed by atoms with E-state index in [0.29, 0.717) is 0 Å². The van der Waals surface area contributed by atoms with E-state index in [0.717, 1.165) is 16.5 Å². The van der Waals surface area contributed by atoms with Crippen molar-refractivity contribution in [2.45, 2.75) is 12.5 Å². The maximum Gasteiger partial charge on any atom is 0.339 e. The number of H-pyrrole nitrogens is 1. The molecule has 150 valence electrons. The molecule has 0 fully saturated rings. The minimum atomic E-state index is -0.913. The number of carbonyl (C=O) groups excluding carboxylic acids is 3. The Morgan fingerprint density at radius 2 is 1.72 bits per heavy atom. The maximum absolute atomic E-state index is 12.5. The molecule has 0 aliphatic carbocycles. The van der Waals surface area contributed by atoms with E-state index in [2.05, 4.69) is 15.6 Å². The molecular formula is C21H21N3O5. The number of benzene rings is 2. The fraction of sp³-hybridized carbons (Fsp3) is 0.190. The first-order valence-corrected chi connectivity index (χ1v) is 8.91. The van der Waals surface area contributed by atoms with E-state index in [1.54, 1.807) is 24.4 Å². The highest BCUT2D eigenvalue weighted by Crippen LogP contribution is 2.20. The van der Waals surface area contributed by atoms with E-state index < -0.39 is 24.0 Å². The summed E-state index contributed by atoms with van der Waals surface area (Å²) in [4.78, 5) is 39.7. The number of aromatic nitrogens is 1. The van der Waals surface area contributed by atoms with Crippen molar-refractivity contribution in [2.75, 3.05) is 19.5 Å². The van der Waals surface area contributed by atoms with Gasteiger partial charge in [0.1, 0.15) is 6.04 Å². The summed E-state index contributed by atoms with van der Waals surface area (Å²) in [7, 11) is 2.52. The molecule has 0 unspecified atom stereocenters. The molecule has 8 nitrogen and oxygen atoms in total. The summed E-state index contributed by atoms with van der Waals surface area (Å²) in [5.41, 5.74) is 2.28. The van der Waals surface area contributed by atoms with Gasteiger partial charge >= 0.3 is 18.0 Å². The second-order valence-electron chi connectivity index (χ2n) is 6.27. The number of amides is 2. The van der Waals surface area contributed by atoms with E-state index in [1.807, 2.05) is 24.3 Å². The van der Waals surface area contributed by atoms with Crippen molar-refractivity contribution in [1.82, 2.24) is 10.3 Å². The highest BCUT2D eigenvalue weighted by Gasteiger charge is 2.24. The molecule has 0 spiro atoms. The number of hydrogen-bond acceptors (Lipinski definition) is 5. The molecule has 2 amide bonds. The third-order valence-corrected chi connectivity index (χ3v) is 4.47. The van der Waals surface area contributed by atoms with Crippen LogP contribution in [0, 0.1) is 0 Å². The Morgan fingerprint density at radius 3 is 2.48 bits per heavy atom. The molecule has 3 N–H and O–H groups in total. The number of nitrogens with one attached hydrogen (secondary N) is 3. The molecular weight excluding hydrogens is 374 g/mol. The Hall–Kier alpha value is -3.81. The van der Waals surface area contributed by atoms with Gasteiger partial charge in [0.15, 0.2) is 0 Å². The quantitative estimate of drug-likeness (QED) is 0.556. The Morgan fingerprint density at radius 1 is 1.00 bits per heavy atom. The minimum absolute atomic E-state index is 0.205. The van der Waals surface area contributed by atoms with Gasteiger partial charge in [-0.05, 0) is 23.8 Å². The molecule has 0 saturated heterocycles. The summed E-state index contributed by atoms with van der Waals surface area (Å²) in [6, 6.07) is 12.5. The van der Waals surface area contributed by atoms with Gasteiger partial charge in [0.05, 0.1) is 25.5 Å². The SMILES string of the molecule is COC(=O)c1ccccc1NC(=O)N[C@@H](Cc1c[nH]c2ccccc12)C(=O)OC. The predicted octanol–water partition coefficient (Wildman–Crippen LogP) is 2.86. The Bertz CT molecular complexity index is 1040. The first-order valence-electron chi connectivity index (χ1n) is 8.91. The van der Waals surface area contributed by atoms with Gasteiger partial charge in [-0.15, -0.1) is 0 Å². The van der Waals surface area contributed by atoms with Crippen LogP contribution in [0.15, 0.2) is 54.7 Å². The molecule has 0 aliphatic rings. The highest BCUT2D eigenvalue weighted by molar-refractivity contribution is 6.01. The second-order valence-corrected chi connectivity index (χ2v) is 6.27. The van der Waals surface area contributed by atoms with Crippen LogP contribution in [-0.4, -0.2) is 43.2 Å². The van der Waals surface area contributed by atoms with Gasteiger partial charge in [-0.1, -0.05) is 30.3 Å². The van der Waals surface area contributed by atoms with Gasteiger partial charge in [0.2, 0.25) is 0 Å². The second kappa shape index (κ2) is 8.92. The van der Waals surface area contributed by atoms with Gasteiger partial charge in [-0.2, -0.15) is 0 Å². The van der Waals surface area contributed by atoms with Crippen LogP contribution in [0.5, 0.6) is 0 Å². The zero-order valence-corrected chi connectivity index (χ0v) is 16.0. The number of anilines is 1. The van der Waals surface area contributed by atoms with Crippen molar-refractivity contribution in [2.24, 2.45) is 0 Å². The largest absolute Gasteiger partial charge is 0.467 e. The molecule has 0 bridgehead atoms. The van der Waals surface area contributed by atoms with Crippen LogP contribution in [-0.2, 0) is 20.7 Å². The molecule has 1 atom stereocenters. The van der Waals surface area contributed by atoms with E-state index in [1.165, 1.54) is 20.3 Å². The Kier molecular flexibility index (Phi) is 6.13. The minimum Gasteiger partial charge on any atom is -0.467 e. The van der Waals surface area contributed by atoms with Crippen LogP contribution in [0.3, 0.4) is 0 Å². The summed E-state index contributed by atoms with van der Waals surface area (Å²) >= 11 is 0. The number of ether oxygens (including phenoxy) is 2. The lowest BCUT2D eigenvalue weighted by Gasteiger charge is -2.17. The summed E-state index contributed by atoms with van der Waals surface area (Å²) in [6.07, 6.45) is 2.04. The summed E-state index contributed by atoms with van der Waals surface area (Å²) < 4.78 is 9.56. The molecule has 29 heavy (non-hydrogen) atoms. The number of rotatable bonds is 6. The number of esters is 2.